The van der Waals surface area contributed by atoms with Crippen LogP contribution in [0.25, 0.3) is 0 Å². The van der Waals surface area contributed by atoms with Crippen LogP contribution in [-0.4, -0.2) is 16.5 Å². The maximum absolute atomic E-state index is 12.9. The number of rotatable bonds is 8. The van der Waals surface area contributed by atoms with Crippen LogP contribution in [0, 0.1) is 0 Å². The highest BCUT2D eigenvalue weighted by atomic mass is 35.5. The van der Waals surface area contributed by atoms with Gasteiger partial charge in [-0.25, -0.2) is 4.98 Å². The molecule has 0 unspecified atom stereocenters. The number of carbonyl (C=O) groups is 1. The van der Waals surface area contributed by atoms with Crippen molar-refractivity contribution in [1.82, 2.24) is 4.98 Å². The number of carbonyl (C=O) groups excluding carboxylic acids is 1. The van der Waals surface area contributed by atoms with Gasteiger partial charge in [0, 0.05) is 16.3 Å². The Bertz CT molecular complexity index is 1000. The quantitative estimate of drug-likeness (QED) is 0.174. The van der Waals surface area contributed by atoms with Crippen LogP contribution in [0.2, 0.25) is 10.0 Å². The Kier molecular flexibility index (Phi) is 7.02. The lowest BCUT2D eigenvalue weighted by molar-refractivity contribution is 0.104. The molecule has 0 atom stereocenters. The molecule has 3 N–H and O–H groups in total. The van der Waals surface area contributed by atoms with E-state index in [9.17, 15) is 4.79 Å². The van der Waals surface area contributed by atoms with E-state index in [1.165, 1.54) is 11.3 Å². The molecule has 4 nitrogen and oxygen atoms in total. The maximum atomic E-state index is 12.9. The summed E-state index contributed by atoms with van der Waals surface area (Å²) in [5, 5.41) is 4.30. The summed E-state index contributed by atoms with van der Waals surface area (Å²) in [4.78, 5) is 18.6. The first-order chi connectivity index (χ1) is 13.5. The molecule has 2 aromatic carbocycles. The molecule has 144 valence electrons. The van der Waals surface area contributed by atoms with Gasteiger partial charge >= 0.3 is 0 Å². The molecule has 28 heavy (non-hydrogen) atoms. The zero-order valence-corrected chi connectivity index (χ0v) is 17.9. The van der Waals surface area contributed by atoms with E-state index in [4.69, 9.17) is 28.9 Å². The second-order valence-corrected chi connectivity index (χ2v) is 8.72. The number of ketones is 1. The van der Waals surface area contributed by atoms with Gasteiger partial charge in [-0.05, 0) is 36.8 Å². The lowest BCUT2D eigenvalue weighted by atomic mass is 10.1. The van der Waals surface area contributed by atoms with Crippen molar-refractivity contribution in [2.45, 2.75) is 11.3 Å². The second-order valence-electron chi connectivity index (χ2n) is 5.74. The van der Waals surface area contributed by atoms with Gasteiger partial charge < -0.3 is 11.1 Å². The summed E-state index contributed by atoms with van der Waals surface area (Å²) < 4.78 is 0. The maximum Gasteiger partial charge on any atom is 0.209 e. The van der Waals surface area contributed by atoms with Crippen LogP contribution < -0.4 is 11.1 Å². The molecule has 1 aromatic heterocycles. The minimum Gasteiger partial charge on any atom is -0.382 e. The van der Waals surface area contributed by atoms with Gasteiger partial charge in [-0.1, -0.05) is 52.7 Å². The topological polar surface area (TPSA) is 68.0 Å². The monoisotopic (exact) mass is 449 g/mol. The van der Waals surface area contributed by atoms with E-state index in [1.807, 2.05) is 30.3 Å². The van der Waals surface area contributed by atoms with Crippen LogP contribution in [0.3, 0.4) is 0 Å². The molecule has 0 aliphatic heterocycles. The van der Waals surface area contributed by atoms with Crippen molar-refractivity contribution >= 4 is 68.7 Å². The number of halogens is 2. The number of nitrogens with two attached hydrogens (primary N) is 1. The number of aromatic nitrogens is 1. The molecule has 0 radical (unpaired) electrons. The Balaban J connectivity index is 1.80. The van der Waals surface area contributed by atoms with E-state index in [1.54, 1.807) is 30.0 Å². The average molecular weight is 450 g/mol. The van der Waals surface area contributed by atoms with Gasteiger partial charge in [-0.15, -0.1) is 18.3 Å². The van der Waals surface area contributed by atoms with Gasteiger partial charge in [0.15, 0.2) is 5.13 Å². The van der Waals surface area contributed by atoms with E-state index in [0.29, 0.717) is 10.0 Å². The Labute approximate surface area is 181 Å². The fraction of sp³-hybridized carbons (Fsp3) is 0.100. The lowest BCUT2D eigenvalue weighted by Crippen LogP contribution is -2.04. The van der Waals surface area contributed by atoms with E-state index in [-0.39, 0.29) is 27.2 Å². The molecule has 1 heterocycles. The fourth-order valence-corrected chi connectivity index (χ4v) is 4.75. The number of hydrogen-bond donors (Lipinski definition) is 2. The number of nitrogens with one attached hydrogen (secondary N) is 1. The number of allylic oxidation sites excluding steroid dienone is 1. The highest BCUT2D eigenvalue weighted by Gasteiger charge is 2.22. The van der Waals surface area contributed by atoms with Gasteiger partial charge in [-0.3, -0.25) is 4.79 Å². The summed E-state index contributed by atoms with van der Waals surface area (Å²) in [7, 11) is 0. The average Bonchev–Trinajstić information content (AvgIpc) is 3.02. The second kappa shape index (κ2) is 9.47. The van der Waals surface area contributed by atoms with E-state index >= 15 is 0 Å². The van der Waals surface area contributed by atoms with E-state index < -0.39 is 0 Å². The van der Waals surface area contributed by atoms with Gasteiger partial charge in [0.2, 0.25) is 5.78 Å². The molecular weight excluding hydrogens is 433 g/mol. The minimum atomic E-state index is -0.340. The smallest absolute Gasteiger partial charge is 0.209 e. The van der Waals surface area contributed by atoms with Crippen molar-refractivity contribution in [2.75, 3.05) is 16.8 Å². The summed E-state index contributed by atoms with van der Waals surface area (Å²) in [5.74, 6) is 0.770. The number of nitrogen functional groups attached to an aromatic ring is 1. The number of benzene rings is 2. The SMILES string of the molecule is C=CCCSc1cccc(Nc2nc(N)c(C(=O)c3c(Cl)cccc3Cl)s2)c1. The van der Waals surface area contributed by atoms with Crippen molar-refractivity contribution in [2.24, 2.45) is 0 Å². The summed E-state index contributed by atoms with van der Waals surface area (Å²) in [6.07, 6.45) is 2.85. The normalized spacial score (nSPS) is 10.6. The minimum absolute atomic E-state index is 0.144. The predicted molar refractivity (Wildman–Crippen MR) is 122 cm³/mol. The lowest BCUT2D eigenvalue weighted by Gasteiger charge is -2.05. The Morgan fingerprint density at radius 2 is 1.96 bits per heavy atom. The molecular formula is C20H17Cl2N3OS2. The van der Waals surface area contributed by atoms with Gasteiger partial charge in [0.25, 0.3) is 0 Å². The summed E-state index contributed by atoms with van der Waals surface area (Å²) >= 11 is 15.2. The third-order valence-electron chi connectivity index (χ3n) is 3.73. The van der Waals surface area contributed by atoms with Crippen molar-refractivity contribution in [3.8, 4) is 0 Å². The molecule has 8 heteroatoms. The third kappa shape index (κ3) is 4.89. The predicted octanol–water partition coefficient (Wildman–Crippen LogP) is 6.67. The molecule has 0 aliphatic carbocycles. The first-order valence-corrected chi connectivity index (χ1v) is 10.9. The zero-order chi connectivity index (χ0) is 20.1. The first-order valence-electron chi connectivity index (χ1n) is 8.35. The number of hydrogen-bond acceptors (Lipinski definition) is 6. The third-order valence-corrected chi connectivity index (χ3v) is 6.37. The molecule has 0 amide bonds. The summed E-state index contributed by atoms with van der Waals surface area (Å²) in [5.41, 5.74) is 7.08. The standard InChI is InChI=1S/C20H17Cl2N3OS2/c1-2-3-10-27-13-7-4-6-12(11-13)24-20-25-19(23)18(28-20)17(26)16-14(21)8-5-9-15(16)22/h2,4-9,11H,1,3,10,23H2,(H,24,25). The largest absolute Gasteiger partial charge is 0.382 e. The Hall–Kier alpha value is -1.99. The summed E-state index contributed by atoms with van der Waals surface area (Å²) in [6, 6.07) is 12.9. The highest BCUT2D eigenvalue weighted by Crippen LogP contribution is 2.34. The number of thioether (sulfide) groups is 1. The molecule has 0 saturated heterocycles. The van der Waals surface area contributed by atoms with Crippen LogP contribution in [0.15, 0.2) is 60.0 Å². The first kappa shape index (κ1) is 20.7. The molecule has 3 rings (SSSR count). The van der Waals surface area contributed by atoms with Crippen LogP contribution >= 0.6 is 46.3 Å². The van der Waals surface area contributed by atoms with Crippen molar-refractivity contribution in [1.29, 1.82) is 0 Å². The molecule has 0 fully saturated rings. The molecule has 0 spiro atoms. The summed E-state index contributed by atoms with van der Waals surface area (Å²) in [6.45, 7) is 3.73. The van der Waals surface area contributed by atoms with Crippen LogP contribution in [0.5, 0.6) is 0 Å². The van der Waals surface area contributed by atoms with Gasteiger partial charge in [-0.2, -0.15) is 0 Å². The molecule has 3 aromatic rings. The fourth-order valence-electron chi connectivity index (χ4n) is 2.42. The Morgan fingerprint density at radius 3 is 2.68 bits per heavy atom. The molecule has 0 aliphatic rings. The number of thiazole rings is 1. The molecule has 0 bridgehead atoms. The highest BCUT2D eigenvalue weighted by molar-refractivity contribution is 7.99. The van der Waals surface area contributed by atoms with Crippen LogP contribution in [0.4, 0.5) is 16.6 Å². The van der Waals surface area contributed by atoms with Gasteiger partial charge in [0.1, 0.15) is 10.7 Å². The van der Waals surface area contributed by atoms with Crippen molar-refractivity contribution in [3.05, 3.63) is 75.6 Å². The van der Waals surface area contributed by atoms with E-state index in [0.717, 1.165) is 22.8 Å². The van der Waals surface area contributed by atoms with Crippen molar-refractivity contribution in [3.63, 3.8) is 0 Å². The van der Waals surface area contributed by atoms with Crippen LogP contribution in [-0.2, 0) is 0 Å². The Morgan fingerprint density at radius 1 is 1.25 bits per heavy atom. The van der Waals surface area contributed by atoms with Crippen LogP contribution in [0.1, 0.15) is 21.7 Å². The number of anilines is 3. The number of nitrogens with zero attached hydrogens (tertiary/aromatic N) is 1. The van der Waals surface area contributed by atoms with E-state index in [2.05, 4.69) is 16.9 Å². The van der Waals surface area contributed by atoms with Crippen molar-refractivity contribution < 1.29 is 4.79 Å². The zero-order valence-electron chi connectivity index (χ0n) is 14.7. The van der Waals surface area contributed by atoms with Gasteiger partial charge in [0.05, 0.1) is 15.6 Å². The molecule has 0 saturated carbocycles.